The van der Waals surface area contributed by atoms with E-state index < -0.39 is 0 Å². The Morgan fingerprint density at radius 3 is 2.68 bits per heavy atom. The normalized spacial score (nSPS) is 22.3. The van der Waals surface area contributed by atoms with Crippen molar-refractivity contribution in [3.05, 3.63) is 24.3 Å². The van der Waals surface area contributed by atoms with Crippen molar-refractivity contribution in [2.45, 2.75) is 82.9 Å². The summed E-state index contributed by atoms with van der Waals surface area (Å²) in [6, 6.07) is 0.683. The van der Waals surface area contributed by atoms with Gasteiger partial charge >= 0.3 is 0 Å². The van der Waals surface area contributed by atoms with Gasteiger partial charge in [0, 0.05) is 29.6 Å². The topological polar surface area (TPSA) is 115 Å². The zero-order chi connectivity index (χ0) is 21.4. The molecule has 0 unspecified atom stereocenters. The summed E-state index contributed by atoms with van der Waals surface area (Å²) < 4.78 is 2.10. The van der Waals surface area contributed by atoms with E-state index in [1.54, 1.807) is 6.20 Å². The molecule has 0 saturated heterocycles. The number of aliphatic hydroxyl groups excluding tert-OH is 1. The molecular weight excluding hydrogens is 390 g/mol. The summed E-state index contributed by atoms with van der Waals surface area (Å²) in [4.78, 5) is 14.2. The second-order valence-electron chi connectivity index (χ2n) is 8.94. The van der Waals surface area contributed by atoms with Crippen LogP contribution in [-0.2, 0) is 6.42 Å². The maximum Gasteiger partial charge on any atom is 0.151 e. The van der Waals surface area contributed by atoms with Crippen molar-refractivity contribution in [1.29, 1.82) is 0 Å². The van der Waals surface area contributed by atoms with Crippen LogP contribution in [0.2, 0.25) is 0 Å². The van der Waals surface area contributed by atoms with Gasteiger partial charge in [-0.25, -0.2) is 15.0 Å². The van der Waals surface area contributed by atoms with E-state index in [0.717, 1.165) is 53.8 Å². The van der Waals surface area contributed by atoms with Crippen LogP contribution < -0.4 is 11.1 Å². The van der Waals surface area contributed by atoms with Crippen LogP contribution in [0.1, 0.15) is 70.0 Å². The highest BCUT2D eigenvalue weighted by Crippen LogP contribution is 2.33. The third-order valence-corrected chi connectivity index (χ3v) is 6.74. The monoisotopic (exact) mass is 421 g/mol. The van der Waals surface area contributed by atoms with Crippen molar-refractivity contribution in [3.63, 3.8) is 0 Å². The molecule has 8 nitrogen and oxygen atoms in total. The number of hydrogen-bond acceptors (Lipinski definition) is 7. The third kappa shape index (κ3) is 3.96. The average Bonchev–Trinajstić information content (AvgIpc) is 3.44. The number of hydrogen-bond donors (Lipinski definition) is 3. The van der Waals surface area contributed by atoms with Gasteiger partial charge in [-0.15, -0.1) is 0 Å². The molecule has 0 spiro atoms. The zero-order valence-corrected chi connectivity index (χ0v) is 18.1. The fourth-order valence-electron chi connectivity index (χ4n) is 4.97. The lowest BCUT2D eigenvalue weighted by Crippen LogP contribution is -2.19. The lowest BCUT2D eigenvalue weighted by molar-refractivity contribution is 0.182. The molecule has 0 aliphatic heterocycles. The summed E-state index contributed by atoms with van der Waals surface area (Å²) in [6.45, 7) is 2.06. The van der Waals surface area contributed by atoms with Crippen LogP contribution in [0.4, 0.5) is 11.6 Å². The second-order valence-corrected chi connectivity index (χ2v) is 8.94. The SMILES string of the molecule is CCc1nc2c(N)ncc(-c3cnn(C4CCCCC4)c3)c2nc1N[C@@H]1CC[C@H](O)C1. The minimum absolute atomic E-state index is 0.212. The van der Waals surface area contributed by atoms with Crippen molar-refractivity contribution in [2.24, 2.45) is 0 Å². The van der Waals surface area contributed by atoms with Gasteiger partial charge in [0.2, 0.25) is 0 Å². The fraction of sp³-hybridized carbons (Fsp3) is 0.565. The largest absolute Gasteiger partial charge is 0.393 e. The van der Waals surface area contributed by atoms with E-state index in [-0.39, 0.29) is 12.1 Å². The molecule has 2 saturated carbocycles. The number of anilines is 2. The predicted octanol–water partition coefficient (Wildman–Crippen LogP) is 3.86. The van der Waals surface area contributed by atoms with E-state index in [1.165, 1.54) is 32.1 Å². The fourth-order valence-corrected chi connectivity index (χ4v) is 4.97. The summed E-state index contributed by atoms with van der Waals surface area (Å²) in [7, 11) is 0. The van der Waals surface area contributed by atoms with Crippen LogP contribution in [0, 0.1) is 0 Å². The van der Waals surface area contributed by atoms with Crippen molar-refractivity contribution < 1.29 is 5.11 Å². The zero-order valence-electron chi connectivity index (χ0n) is 18.1. The van der Waals surface area contributed by atoms with Gasteiger partial charge in [0.15, 0.2) is 5.82 Å². The molecule has 164 valence electrons. The molecule has 0 bridgehead atoms. The van der Waals surface area contributed by atoms with Gasteiger partial charge in [0.05, 0.1) is 24.0 Å². The van der Waals surface area contributed by atoms with Gasteiger partial charge in [-0.3, -0.25) is 4.68 Å². The minimum Gasteiger partial charge on any atom is -0.393 e. The predicted molar refractivity (Wildman–Crippen MR) is 122 cm³/mol. The van der Waals surface area contributed by atoms with Gasteiger partial charge in [-0.2, -0.15) is 5.10 Å². The molecule has 0 amide bonds. The van der Waals surface area contributed by atoms with Crippen molar-refractivity contribution in [1.82, 2.24) is 24.7 Å². The standard InChI is InChI=1S/C23H31N7O/c1-2-19-23(27-15-8-9-17(31)10-15)29-20-18(12-25-22(24)21(20)28-19)14-11-26-30(13-14)16-6-4-3-5-7-16/h11-13,15-17,31H,2-10H2,1H3,(H2,24,25)(H,27,29)/t15-,17+/m1/s1. The van der Waals surface area contributed by atoms with Crippen LogP contribution in [0.3, 0.4) is 0 Å². The van der Waals surface area contributed by atoms with Crippen LogP contribution >= 0.6 is 0 Å². The van der Waals surface area contributed by atoms with Crippen molar-refractivity contribution in [3.8, 4) is 11.1 Å². The number of aromatic nitrogens is 5. The minimum atomic E-state index is -0.239. The Labute approximate surface area is 182 Å². The van der Waals surface area contributed by atoms with E-state index in [9.17, 15) is 5.11 Å². The number of nitrogens with two attached hydrogens (primary N) is 1. The highest BCUT2D eigenvalue weighted by atomic mass is 16.3. The first-order valence-electron chi connectivity index (χ1n) is 11.6. The Hall–Kier alpha value is -2.74. The van der Waals surface area contributed by atoms with Crippen LogP contribution in [0.5, 0.6) is 0 Å². The molecule has 3 aromatic rings. The second kappa shape index (κ2) is 8.42. The van der Waals surface area contributed by atoms with Crippen molar-refractivity contribution in [2.75, 3.05) is 11.1 Å². The molecule has 2 aliphatic rings. The molecule has 2 atom stereocenters. The summed E-state index contributed by atoms with van der Waals surface area (Å²) in [5.41, 5.74) is 10.3. The molecule has 2 aliphatic carbocycles. The van der Waals surface area contributed by atoms with E-state index in [2.05, 4.69) is 33.2 Å². The van der Waals surface area contributed by atoms with Crippen molar-refractivity contribution >= 4 is 22.7 Å². The number of fused-ring (bicyclic) bond motifs is 1. The van der Waals surface area contributed by atoms with E-state index >= 15 is 0 Å². The first-order valence-corrected chi connectivity index (χ1v) is 11.6. The summed E-state index contributed by atoms with van der Waals surface area (Å²) in [5.74, 6) is 1.17. The number of nitrogens with one attached hydrogen (secondary N) is 1. The molecule has 3 aromatic heterocycles. The summed E-state index contributed by atoms with van der Waals surface area (Å²) in [6.07, 6.45) is 15.0. The number of aliphatic hydroxyl groups is 1. The Bertz CT molecular complexity index is 1070. The first-order chi connectivity index (χ1) is 15.1. The lowest BCUT2D eigenvalue weighted by Gasteiger charge is -2.21. The van der Waals surface area contributed by atoms with E-state index in [4.69, 9.17) is 15.7 Å². The Kier molecular flexibility index (Phi) is 5.48. The average molecular weight is 422 g/mol. The quantitative estimate of drug-likeness (QED) is 0.573. The number of nitrogens with zero attached hydrogens (tertiary/aromatic N) is 5. The molecular formula is C23H31N7O. The van der Waals surface area contributed by atoms with Gasteiger partial charge < -0.3 is 16.2 Å². The molecule has 2 fully saturated rings. The van der Waals surface area contributed by atoms with Gasteiger partial charge in [0.1, 0.15) is 16.9 Å². The molecule has 0 radical (unpaired) electrons. The number of nitrogen functional groups attached to an aromatic ring is 1. The maximum absolute atomic E-state index is 9.90. The Morgan fingerprint density at radius 2 is 1.94 bits per heavy atom. The van der Waals surface area contributed by atoms with Crippen LogP contribution in [0.15, 0.2) is 18.6 Å². The smallest absolute Gasteiger partial charge is 0.151 e. The van der Waals surface area contributed by atoms with Crippen LogP contribution in [0.25, 0.3) is 22.2 Å². The Morgan fingerprint density at radius 1 is 1.10 bits per heavy atom. The molecule has 8 heteroatoms. The summed E-state index contributed by atoms with van der Waals surface area (Å²) in [5, 5.41) is 18.1. The highest BCUT2D eigenvalue weighted by molar-refractivity contribution is 5.96. The lowest BCUT2D eigenvalue weighted by atomic mass is 9.96. The molecule has 4 N–H and O–H groups in total. The van der Waals surface area contributed by atoms with Gasteiger partial charge in [-0.1, -0.05) is 26.2 Å². The Balaban J connectivity index is 1.54. The van der Waals surface area contributed by atoms with Crippen LogP contribution in [-0.4, -0.2) is 42.0 Å². The van der Waals surface area contributed by atoms with E-state index in [0.29, 0.717) is 17.4 Å². The molecule has 0 aromatic carbocycles. The van der Waals surface area contributed by atoms with E-state index in [1.807, 2.05) is 6.20 Å². The maximum atomic E-state index is 9.90. The van der Waals surface area contributed by atoms with Gasteiger partial charge in [0.25, 0.3) is 0 Å². The highest BCUT2D eigenvalue weighted by Gasteiger charge is 2.25. The molecule has 5 rings (SSSR count). The summed E-state index contributed by atoms with van der Waals surface area (Å²) >= 11 is 0. The molecule has 3 heterocycles. The third-order valence-electron chi connectivity index (χ3n) is 6.74. The number of pyridine rings is 1. The van der Waals surface area contributed by atoms with Gasteiger partial charge in [-0.05, 0) is 38.5 Å². The number of rotatable bonds is 5. The first kappa shape index (κ1) is 20.2. The number of aryl methyl sites for hydroxylation is 1. The molecule has 31 heavy (non-hydrogen) atoms.